The van der Waals surface area contributed by atoms with E-state index in [1.807, 2.05) is 37.3 Å². The van der Waals surface area contributed by atoms with Gasteiger partial charge in [-0.2, -0.15) is 0 Å². The number of fused-ring (bicyclic) bond motifs is 1. The molecule has 21 heavy (non-hydrogen) atoms. The predicted octanol–water partition coefficient (Wildman–Crippen LogP) is 4.02. The van der Waals surface area contributed by atoms with Crippen LogP contribution in [0.3, 0.4) is 0 Å². The molecule has 0 aliphatic rings. The van der Waals surface area contributed by atoms with Gasteiger partial charge in [-0.05, 0) is 36.2 Å². The van der Waals surface area contributed by atoms with Crippen molar-refractivity contribution in [2.24, 2.45) is 0 Å². The fourth-order valence-electron chi connectivity index (χ4n) is 2.68. The summed E-state index contributed by atoms with van der Waals surface area (Å²) in [5.74, 6) is -0.395. The number of benzene rings is 2. The van der Waals surface area contributed by atoms with Crippen LogP contribution in [0.15, 0.2) is 60.8 Å². The maximum atomic E-state index is 14.1. The Balaban J connectivity index is 2.19. The summed E-state index contributed by atoms with van der Waals surface area (Å²) in [6, 6.07) is 15.7. The van der Waals surface area contributed by atoms with Crippen LogP contribution in [0.5, 0.6) is 0 Å². The molecule has 1 N–H and O–H groups in total. The molecular weight excluding hydrogens is 265 g/mol. The van der Waals surface area contributed by atoms with Gasteiger partial charge in [0.1, 0.15) is 11.4 Å². The third-order valence-electron chi connectivity index (χ3n) is 3.91. The Bertz CT molecular complexity index is 787. The van der Waals surface area contributed by atoms with E-state index in [4.69, 9.17) is 0 Å². The van der Waals surface area contributed by atoms with Crippen LogP contribution in [0.25, 0.3) is 10.9 Å². The summed E-state index contributed by atoms with van der Waals surface area (Å²) < 4.78 is 14.1. The van der Waals surface area contributed by atoms with Crippen LogP contribution in [-0.4, -0.2) is 10.1 Å². The van der Waals surface area contributed by atoms with E-state index in [-0.39, 0.29) is 0 Å². The average molecular weight is 281 g/mol. The summed E-state index contributed by atoms with van der Waals surface area (Å²) in [6.45, 7) is 1.85. The largest absolute Gasteiger partial charge is 0.380 e. The van der Waals surface area contributed by atoms with E-state index in [0.29, 0.717) is 17.5 Å². The second-order valence-corrected chi connectivity index (χ2v) is 5.10. The molecule has 1 heterocycles. The van der Waals surface area contributed by atoms with E-state index < -0.39 is 11.4 Å². The molecule has 0 aliphatic carbocycles. The van der Waals surface area contributed by atoms with Gasteiger partial charge in [-0.25, -0.2) is 4.39 Å². The quantitative estimate of drug-likeness (QED) is 0.786. The van der Waals surface area contributed by atoms with Crippen LogP contribution in [0.2, 0.25) is 0 Å². The molecule has 106 valence electrons. The molecule has 1 atom stereocenters. The first-order valence-corrected chi connectivity index (χ1v) is 6.98. The Morgan fingerprint density at radius 1 is 1.10 bits per heavy atom. The van der Waals surface area contributed by atoms with E-state index in [2.05, 4.69) is 4.98 Å². The smallest absolute Gasteiger partial charge is 0.129 e. The summed E-state index contributed by atoms with van der Waals surface area (Å²) in [6.07, 6.45) is 2.12. The molecule has 0 bridgehead atoms. The highest BCUT2D eigenvalue weighted by Crippen LogP contribution is 2.35. The van der Waals surface area contributed by atoms with Gasteiger partial charge in [0.05, 0.1) is 5.52 Å². The van der Waals surface area contributed by atoms with Gasteiger partial charge >= 0.3 is 0 Å². The van der Waals surface area contributed by atoms with Crippen LogP contribution in [-0.2, 0) is 5.60 Å². The van der Waals surface area contributed by atoms with Gasteiger partial charge < -0.3 is 5.11 Å². The average Bonchev–Trinajstić information content (AvgIpc) is 2.54. The van der Waals surface area contributed by atoms with Crippen molar-refractivity contribution in [1.29, 1.82) is 0 Å². The van der Waals surface area contributed by atoms with Crippen molar-refractivity contribution >= 4 is 10.9 Å². The first-order valence-electron chi connectivity index (χ1n) is 6.98. The predicted molar refractivity (Wildman–Crippen MR) is 81.4 cm³/mol. The van der Waals surface area contributed by atoms with Crippen molar-refractivity contribution in [3.63, 3.8) is 0 Å². The fraction of sp³-hybridized carbons (Fsp3) is 0.167. The van der Waals surface area contributed by atoms with Crippen LogP contribution >= 0.6 is 0 Å². The summed E-state index contributed by atoms with van der Waals surface area (Å²) in [5, 5.41) is 12.0. The molecule has 0 amide bonds. The molecule has 0 saturated heterocycles. The van der Waals surface area contributed by atoms with Crippen molar-refractivity contribution in [2.75, 3.05) is 0 Å². The second-order valence-electron chi connectivity index (χ2n) is 5.10. The standard InChI is InChI=1S/C18H16FNO/c1-2-18(21,15-7-3-4-8-16(15)19)14-9-10-17-13(12-14)6-5-11-20-17/h3-12,21H,2H2,1H3. The zero-order valence-electron chi connectivity index (χ0n) is 11.8. The number of hydrogen-bond donors (Lipinski definition) is 1. The summed E-state index contributed by atoms with van der Waals surface area (Å²) in [4.78, 5) is 4.26. The Morgan fingerprint density at radius 2 is 1.90 bits per heavy atom. The van der Waals surface area contributed by atoms with Crippen LogP contribution < -0.4 is 0 Å². The number of rotatable bonds is 3. The zero-order chi connectivity index (χ0) is 14.9. The Morgan fingerprint density at radius 3 is 2.67 bits per heavy atom. The van der Waals surface area contributed by atoms with Gasteiger partial charge in [0, 0.05) is 17.1 Å². The minimum atomic E-state index is -1.34. The zero-order valence-corrected chi connectivity index (χ0v) is 11.8. The number of pyridine rings is 1. The Kier molecular flexibility index (Phi) is 3.43. The van der Waals surface area contributed by atoms with Crippen molar-refractivity contribution < 1.29 is 9.50 Å². The highest BCUT2D eigenvalue weighted by molar-refractivity contribution is 5.79. The first kappa shape index (κ1) is 13.7. The minimum Gasteiger partial charge on any atom is -0.380 e. The van der Waals surface area contributed by atoms with Crippen LogP contribution in [0, 0.1) is 5.82 Å². The van der Waals surface area contributed by atoms with Crippen LogP contribution in [0.1, 0.15) is 24.5 Å². The lowest BCUT2D eigenvalue weighted by Gasteiger charge is -2.28. The maximum Gasteiger partial charge on any atom is 0.129 e. The second kappa shape index (κ2) is 5.26. The number of halogens is 1. The van der Waals surface area contributed by atoms with Gasteiger partial charge in [0.15, 0.2) is 0 Å². The third kappa shape index (κ3) is 2.30. The summed E-state index contributed by atoms with van der Waals surface area (Å²) in [7, 11) is 0. The molecule has 3 heteroatoms. The van der Waals surface area contributed by atoms with Crippen LogP contribution in [0.4, 0.5) is 4.39 Å². The van der Waals surface area contributed by atoms with Crippen molar-refractivity contribution in [3.8, 4) is 0 Å². The maximum absolute atomic E-state index is 14.1. The number of aromatic nitrogens is 1. The van der Waals surface area contributed by atoms with E-state index in [1.54, 1.807) is 24.4 Å². The highest BCUT2D eigenvalue weighted by atomic mass is 19.1. The molecule has 1 aromatic heterocycles. The topological polar surface area (TPSA) is 33.1 Å². The monoisotopic (exact) mass is 281 g/mol. The molecule has 2 aromatic carbocycles. The molecule has 0 spiro atoms. The van der Waals surface area contributed by atoms with Gasteiger partial charge in [-0.1, -0.05) is 37.3 Å². The normalized spacial score (nSPS) is 14.0. The van der Waals surface area contributed by atoms with Gasteiger partial charge in [0.2, 0.25) is 0 Å². The highest BCUT2D eigenvalue weighted by Gasteiger charge is 2.32. The Labute approximate surface area is 122 Å². The number of hydrogen-bond acceptors (Lipinski definition) is 2. The molecular formula is C18H16FNO. The number of aliphatic hydroxyl groups is 1. The van der Waals surface area contributed by atoms with Gasteiger partial charge in [-0.15, -0.1) is 0 Å². The van der Waals surface area contributed by atoms with E-state index in [1.165, 1.54) is 6.07 Å². The van der Waals surface area contributed by atoms with E-state index in [0.717, 1.165) is 10.9 Å². The molecule has 0 radical (unpaired) electrons. The number of nitrogens with zero attached hydrogens (tertiary/aromatic N) is 1. The van der Waals surface area contributed by atoms with E-state index in [9.17, 15) is 9.50 Å². The minimum absolute atomic E-state index is 0.302. The summed E-state index contributed by atoms with van der Waals surface area (Å²) in [5.41, 5.74) is 0.495. The molecule has 2 nitrogen and oxygen atoms in total. The van der Waals surface area contributed by atoms with Crippen molar-refractivity contribution in [1.82, 2.24) is 4.98 Å². The lowest BCUT2D eigenvalue weighted by Crippen LogP contribution is -2.27. The van der Waals surface area contributed by atoms with Crippen molar-refractivity contribution in [3.05, 3.63) is 77.7 Å². The lowest BCUT2D eigenvalue weighted by atomic mass is 9.83. The molecule has 0 saturated carbocycles. The first-order chi connectivity index (χ1) is 10.1. The summed E-state index contributed by atoms with van der Waals surface area (Å²) >= 11 is 0. The fourth-order valence-corrected chi connectivity index (χ4v) is 2.68. The molecule has 1 unspecified atom stereocenters. The molecule has 0 aliphatic heterocycles. The SMILES string of the molecule is CCC(O)(c1ccc2ncccc2c1)c1ccccc1F. The molecule has 3 rings (SSSR count). The van der Waals surface area contributed by atoms with Crippen molar-refractivity contribution in [2.45, 2.75) is 18.9 Å². The molecule has 0 fully saturated rings. The third-order valence-corrected chi connectivity index (χ3v) is 3.91. The van der Waals surface area contributed by atoms with Gasteiger partial charge in [-0.3, -0.25) is 4.98 Å². The lowest BCUT2D eigenvalue weighted by molar-refractivity contribution is 0.0727. The van der Waals surface area contributed by atoms with Gasteiger partial charge in [0.25, 0.3) is 0 Å². The Hall–Kier alpha value is -2.26. The van der Waals surface area contributed by atoms with E-state index >= 15 is 0 Å². The molecule has 3 aromatic rings.